The van der Waals surface area contributed by atoms with Crippen LogP contribution < -0.4 is 0 Å². The van der Waals surface area contributed by atoms with Gasteiger partial charge in [-0.1, -0.05) is 13.3 Å². The molecule has 3 nitrogen and oxygen atoms in total. The van der Waals surface area contributed by atoms with Crippen LogP contribution in [-0.2, 0) is 4.79 Å². The molecule has 0 aromatic carbocycles. The summed E-state index contributed by atoms with van der Waals surface area (Å²) in [6.07, 6.45) is 2.89. The Hall–Kier alpha value is -0.640. The summed E-state index contributed by atoms with van der Waals surface area (Å²) < 4.78 is 0. The minimum atomic E-state index is 0.00308. The van der Waals surface area contributed by atoms with E-state index in [-0.39, 0.29) is 5.54 Å². The molecule has 4 heteroatoms. The van der Waals surface area contributed by atoms with Crippen LogP contribution in [-0.4, -0.2) is 41.0 Å². The fraction of sp³-hybridized carbons (Fsp3) is 0.800. The van der Waals surface area contributed by atoms with E-state index in [1.54, 1.807) is 7.05 Å². The lowest BCUT2D eigenvalue weighted by Gasteiger charge is -2.38. The van der Waals surface area contributed by atoms with E-state index in [1.165, 1.54) is 4.90 Å². The number of carbonyl (C=O) groups excluding carboxylic acids is 1. The van der Waals surface area contributed by atoms with Crippen LogP contribution in [0.25, 0.3) is 0 Å². The number of nitrogens with zero attached hydrogens (tertiary/aromatic N) is 2. The molecule has 0 saturated carbocycles. The van der Waals surface area contributed by atoms with Crippen molar-refractivity contribution >= 4 is 23.7 Å². The molecule has 0 radical (unpaired) electrons. The van der Waals surface area contributed by atoms with E-state index in [4.69, 9.17) is 12.2 Å². The molecule has 0 atom stereocenters. The van der Waals surface area contributed by atoms with Gasteiger partial charge in [-0.3, -0.25) is 9.69 Å². The Morgan fingerprint density at radius 1 is 1.43 bits per heavy atom. The van der Waals surface area contributed by atoms with Crippen molar-refractivity contribution in [3.8, 4) is 0 Å². The summed E-state index contributed by atoms with van der Waals surface area (Å²) in [4.78, 5) is 13.9. The van der Waals surface area contributed by atoms with E-state index in [0.717, 1.165) is 19.3 Å². The highest BCUT2D eigenvalue weighted by atomic mass is 32.1. The highest BCUT2D eigenvalue weighted by Gasteiger charge is 2.25. The molecule has 0 aliphatic rings. The van der Waals surface area contributed by atoms with Crippen molar-refractivity contribution in [2.45, 2.75) is 39.2 Å². The Kier molecular flexibility index (Phi) is 5.05. The minimum absolute atomic E-state index is 0.00308. The van der Waals surface area contributed by atoms with Gasteiger partial charge in [-0.15, -0.1) is 0 Å². The van der Waals surface area contributed by atoms with Gasteiger partial charge in [0, 0.05) is 19.6 Å². The smallest absolute Gasteiger partial charge is 0.215 e. The Labute approximate surface area is 92.1 Å². The van der Waals surface area contributed by atoms with E-state index in [2.05, 4.69) is 20.8 Å². The maximum Gasteiger partial charge on any atom is 0.215 e. The van der Waals surface area contributed by atoms with Gasteiger partial charge in [0.05, 0.1) is 0 Å². The highest BCUT2D eigenvalue weighted by molar-refractivity contribution is 7.80. The van der Waals surface area contributed by atoms with Gasteiger partial charge < -0.3 is 4.90 Å². The number of rotatable bonds is 4. The summed E-state index contributed by atoms with van der Waals surface area (Å²) in [7, 11) is 3.60. The van der Waals surface area contributed by atoms with Crippen molar-refractivity contribution in [2.24, 2.45) is 0 Å². The molecular formula is C10H20N2OS. The fourth-order valence-electron chi connectivity index (χ4n) is 1.32. The van der Waals surface area contributed by atoms with Gasteiger partial charge in [-0.2, -0.15) is 0 Å². The summed E-state index contributed by atoms with van der Waals surface area (Å²) >= 11 is 5.18. The molecule has 0 aliphatic heterocycles. The minimum Gasteiger partial charge on any atom is -0.347 e. The lowest BCUT2D eigenvalue weighted by atomic mass is 9.97. The van der Waals surface area contributed by atoms with Gasteiger partial charge in [0.15, 0.2) is 5.11 Å². The third-order valence-corrected chi connectivity index (χ3v) is 3.08. The van der Waals surface area contributed by atoms with Crippen molar-refractivity contribution < 1.29 is 4.79 Å². The predicted octanol–water partition coefficient (Wildman–Crippen LogP) is 1.87. The second kappa shape index (κ2) is 5.29. The number of thiocarbonyl (C=S) groups is 1. The first kappa shape index (κ1) is 13.4. The van der Waals surface area contributed by atoms with E-state index < -0.39 is 0 Å². The molecule has 0 saturated heterocycles. The molecule has 0 aromatic rings. The number of hydrogen-bond donors (Lipinski definition) is 0. The largest absolute Gasteiger partial charge is 0.347 e. The zero-order valence-electron chi connectivity index (χ0n) is 9.70. The standard InChI is InChI=1S/C10H20N2OS/c1-6-7-10(2,3)12(5)9(14)11(4)8-13/h8H,6-7H2,1-5H3. The van der Waals surface area contributed by atoms with Crippen LogP contribution >= 0.6 is 12.2 Å². The average Bonchev–Trinajstić information content (AvgIpc) is 2.14. The first-order valence-electron chi connectivity index (χ1n) is 4.82. The van der Waals surface area contributed by atoms with Crippen molar-refractivity contribution in [1.82, 2.24) is 9.80 Å². The Bertz CT molecular complexity index is 216. The molecule has 0 bridgehead atoms. The normalized spacial score (nSPS) is 10.9. The monoisotopic (exact) mass is 216 g/mol. The van der Waals surface area contributed by atoms with Gasteiger partial charge in [0.2, 0.25) is 6.41 Å². The molecule has 82 valence electrons. The van der Waals surface area contributed by atoms with Crippen LogP contribution in [0.15, 0.2) is 0 Å². The molecule has 0 N–H and O–H groups in total. The van der Waals surface area contributed by atoms with Gasteiger partial charge in [-0.05, 0) is 32.5 Å². The number of carbonyl (C=O) groups is 1. The van der Waals surface area contributed by atoms with Crippen molar-refractivity contribution in [3.05, 3.63) is 0 Å². The molecule has 0 fully saturated rings. The zero-order valence-corrected chi connectivity index (χ0v) is 10.5. The highest BCUT2D eigenvalue weighted by Crippen LogP contribution is 2.19. The summed E-state index contributed by atoms with van der Waals surface area (Å²) in [6, 6.07) is 0. The maximum absolute atomic E-state index is 10.5. The molecule has 0 aromatic heterocycles. The third kappa shape index (κ3) is 3.25. The first-order chi connectivity index (χ1) is 6.36. The molecule has 0 heterocycles. The van der Waals surface area contributed by atoms with E-state index >= 15 is 0 Å². The molecular weight excluding hydrogens is 196 g/mol. The average molecular weight is 216 g/mol. The number of hydrogen-bond acceptors (Lipinski definition) is 2. The van der Waals surface area contributed by atoms with Gasteiger partial charge in [0.1, 0.15) is 0 Å². The topological polar surface area (TPSA) is 23.6 Å². The van der Waals surface area contributed by atoms with Crippen LogP contribution in [0, 0.1) is 0 Å². The Morgan fingerprint density at radius 2 is 1.93 bits per heavy atom. The van der Waals surface area contributed by atoms with Crippen molar-refractivity contribution in [1.29, 1.82) is 0 Å². The fourth-order valence-corrected chi connectivity index (χ4v) is 1.61. The lowest BCUT2D eigenvalue weighted by molar-refractivity contribution is -0.114. The van der Waals surface area contributed by atoms with Crippen LogP contribution in [0.4, 0.5) is 0 Å². The molecule has 14 heavy (non-hydrogen) atoms. The molecule has 0 aliphatic carbocycles. The van der Waals surface area contributed by atoms with Crippen LogP contribution in [0.3, 0.4) is 0 Å². The van der Waals surface area contributed by atoms with Crippen molar-refractivity contribution in [3.63, 3.8) is 0 Å². The van der Waals surface area contributed by atoms with E-state index in [1.807, 2.05) is 11.9 Å². The lowest BCUT2D eigenvalue weighted by Crippen LogP contribution is -2.49. The van der Waals surface area contributed by atoms with E-state index in [9.17, 15) is 4.79 Å². The second-order valence-electron chi connectivity index (χ2n) is 4.12. The summed E-state index contributed by atoms with van der Waals surface area (Å²) in [5.74, 6) is 0. The van der Waals surface area contributed by atoms with Gasteiger partial charge in [-0.25, -0.2) is 0 Å². The van der Waals surface area contributed by atoms with Crippen molar-refractivity contribution in [2.75, 3.05) is 14.1 Å². The molecule has 0 rings (SSSR count). The SMILES string of the molecule is CCCC(C)(C)N(C)C(=S)N(C)C=O. The molecule has 0 spiro atoms. The summed E-state index contributed by atoms with van der Waals surface area (Å²) in [5, 5.41) is 0.568. The van der Waals surface area contributed by atoms with Gasteiger partial charge in [0.25, 0.3) is 0 Å². The number of amides is 1. The predicted molar refractivity (Wildman–Crippen MR) is 63.2 cm³/mol. The zero-order chi connectivity index (χ0) is 11.4. The van der Waals surface area contributed by atoms with Crippen LogP contribution in [0.2, 0.25) is 0 Å². The molecule has 0 unspecified atom stereocenters. The quantitative estimate of drug-likeness (QED) is 0.529. The van der Waals surface area contributed by atoms with Crippen LogP contribution in [0.1, 0.15) is 33.6 Å². The summed E-state index contributed by atoms with van der Waals surface area (Å²) in [5.41, 5.74) is 0.00308. The Balaban J connectivity index is 4.51. The molecule has 1 amide bonds. The third-order valence-electron chi connectivity index (χ3n) is 2.52. The first-order valence-corrected chi connectivity index (χ1v) is 5.23. The van der Waals surface area contributed by atoms with Gasteiger partial charge >= 0.3 is 0 Å². The Morgan fingerprint density at radius 3 is 2.29 bits per heavy atom. The van der Waals surface area contributed by atoms with E-state index in [0.29, 0.717) is 5.11 Å². The maximum atomic E-state index is 10.5. The van der Waals surface area contributed by atoms with Crippen LogP contribution in [0.5, 0.6) is 0 Å². The summed E-state index contributed by atoms with van der Waals surface area (Å²) in [6.45, 7) is 6.39. The second-order valence-corrected chi connectivity index (χ2v) is 4.49.